The molecule has 0 radical (unpaired) electrons. The highest BCUT2D eigenvalue weighted by Gasteiger charge is 2.28. The number of hydrogen-bond acceptors (Lipinski definition) is 4. The van der Waals surface area contributed by atoms with Gasteiger partial charge in [-0.1, -0.05) is 6.07 Å². The Bertz CT molecular complexity index is 429. The van der Waals surface area contributed by atoms with Gasteiger partial charge in [0.2, 0.25) is 0 Å². The maximum absolute atomic E-state index is 11.4. The molecule has 1 heterocycles. The zero-order valence-electron chi connectivity index (χ0n) is 9.66. The van der Waals surface area contributed by atoms with E-state index in [0.717, 1.165) is 22.6 Å². The highest BCUT2D eigenvalue weighted by Crippen LogP contribution is 2.32. The fourth-order valence-corrected chi connectivity index (χ4v) is 2.01. The van der Waals surface area contributed by atoms with Crippen LogP contribution in [0.1, 0.15) is 11.1 Å². The molecule has 1 aliphatic rings. The first-order chi connectivity index (χ1) is 7.65. The standard InChI is InChI=1S/C12H15NO3/c1-7-4-8-5-10(12(14)16-3)13-9(8)6-11(7)15-2/h4,6,10,13H,5H2,1-3H3. The zero-order valence-corrected chi connectivity index (χ0v) is 9.66. The van der Waals surface area contributed by atoms with E-state index in [-0.39, 0.29) is 12.0 Å². The van der Waals surface area contributed by atoms with Gasteiger partial charge < -0.3 is 14.8 Å². The smallest absolute Gasteiger partial charge is 0.328 e. The van der Waals surface area contributed by atoms with Gasteiger partial charge >= 0.3 is 5.97 Å². The largest absolute Gasteiger partial charge is 0.496 e. The van der Waals surface area contributed by atoms with Crippen molar-refractivity contribution in [1.82, 2.24) is 0 Å². The van der Waals surface area contributed by atoms with Crippen molar-refractivity contribution < 1.29 is 14.3 Å². The average Bonchev–Trinajstić information content (AvgIpc) is 2.69. The number of carbonyl (C=O) groups is 1. The fourth-order valence-electron chi connectivity index (χ4n) is 2.01. The lowest BCUT2D eigenvalue weighted by Gasteiger charge is -2.08. The molecule has 1 atom stereocenters. The van der Waals surface area contributed by atoms with Crippen molar-refractivity contribution in [3.8, 4) is 5.75 Å². The summed E-state index contributed by atoms with van der Waals surface area (Å²) in [7, 11) is 3.04. The minimum atomic E-state index is -0.272. The number of anilines is 1. The van der Waals surface area contributed by atoms with Gasteiger partial charge in [-0.25, -0.2) is 4.79 Å². The third-order valence-electron chi connectivity index (χ3n) is 2.86. The first-order valence-corrected chi connectivity index (χ1v) is 5.17. The van der Waals surface area contributed by atoms with Crippen LogP contribution in [0.15, 0.2) is 12.1 Å². The molecule has 0 aromatic heterocycles. The monoisotopic (exact) mass is 221 g/mol. The average molecular weight is 221 g/mol. The third-order valence-corrected chi connectivity index (χ3v) is 2.86. The zero-order chi connectivity index (χ0) is 11.7. The minimum absolute atomic E-state index is 0.229. The van der Waals surface area contributed by atoms with E-state index in [1.54, 1.807) is 7.11 Å². The molecular weight excluding hydrogens is 206 g/mol. The van der Waals surface area contributed by atoms with E-state index < -0.39 is 0 Å². The van der Waals surface area contributed by atoms with Crippen molar-refractivity contribution in [3.05, 3.63) is 23.3 Å². The molecule has 0 spiro atoms. The van der Waals surface area contributed by atoms with Crippen LogP contribution in [0.25, 0.3) is 0 Å². The van der Waals surface area contributed by atoms with Crippen molar-refractivity contribution in [3.63, 3.8) is 0 Å². The Morgan fingerprint density at radius 3 is 2.81 bits per heavy atom. The maximum Gasteiger partial charge on any atom is 0.328 e. The van der Waals surface area contributed by atoms with Crippen molar-refractivity contribution in [2.75, 3.05) is 19.5 Å². The summed E-state index contributed by atoms with van der Waals surface area (Å²) in [6.07, 6.45) is 0.673. The molecule has 16 heavy (non-hydrogen) atoms. The minimum Gasteiger partial charge on any atom is -0.496 e. The normalized spacial score (nSPS) is 17.6. The second-order valence-corrected chi connectivity index (χ2v) is 3.90. The molecule has 1 aromatic carbocycles. The predicted molar refractivity (Wildman–Crippen MR) is 60.9 cm³/mol. The van der Waals surface area contributed by atoms with Crippen LogP contribution in [-0.4, -0.2) is 26.2 Å². The number of esters is 1. The first kappa shape index (κ1) is 10.8. The van der Waals surface area contributed by atoms with Crippen LogP contribution in [0.5, 0.6) is 5.75 Å². The molecule has 1 unspecified atom stereocenters. The summed E-state index contributed by atoms with van der Waals surface area (Å²) in [5.74, 6) is 0.601. The molecule has 0 amide bonds. The highest BCUT2D eigenvalue weighted by atomic mass is 16.5. The van der Waals surface area contributed by atoms with Gasteiger partial charge in [0.15, 0.2) is 0 Å². The van der Waals surface area contributed by atoms with E-state index in [1.165, 1.54) is 7.11 Å². The number of methoxy groups -OCH3 is 2. The van der Waals surface area contributed by atoms with Crippen molar-refractivity contribution in [2.45, 2.75) is 19.4 Å². The molecule has 0 bridgehead atoms. The number of rotatable bonds is 2. The second-order valence-electron chi connectivity index (χ2n) is 3.90. The Labute approximate surface area is 94.6 Å². The molecule has 0 saturated heterocycles. The van der Waals surface area contributed by atoms with Crippen LogP contribution in [-0.2, 0) is 16.0 Å². The molecular formula is C12H15NO3. The fraction of sp³-hybridized carbons (Fsp3) is 0.417. The molecule has 1 aliphatic heterocycles. The van der Waals surface area contributed by atoms with Crippen molar-refractivity contribution >= 4 is 11.7 Å². The molecule has 4 heteroatoms. The van der Waals surface area contributed by atoms with Crippen LogP contribution < -0.4 is 10.1 Å². The van der Waals surface area contributed by atoms with Crippen molar-refractivity contribution in [2.24, 2.45) is 0 Å². The number of carbonyl (C=O) groups excluding carboxylic acids is 1. The SMILES string of the molecule is COC(=O)C1Cc2cc(C)c(OC)cc2N1. The van der Waals surface area contributed by atoms with Gasteiger partial charge in [0.05, 0.1) is 14.2 Å². The molecule has 1 aromatic rings. The van der Waals surface area contributed by atoms with E-state index in [9.17, 15) is 4.79 Å². The third kappa shape index (κ3) is 1.71. The summed E-state index contributed by atoms with van der Waals surface area (Å²) in [6, 6.07) is 3.70. The lowest BCUT2D eigenvalue weighted by atomic mass is 10.1. The van der Waals surface area contributed by atoms with E-state index in [2.05, 4.69) is 5.32 Å². The summed E-state index contributed by atoms with van der Waals surface area (Å²) in [5.41, 5.74) is 3.17. The van der Waals surface area contributed by atoms with Gasteiger partial charge in [-0.05, 0) is 18.1 Å². The van der Waals surface area contributed by atoms with E-state index in [1.807, 2.05) is 19.1 Å². The maximum atomic E-state index is 11.4. The van der Waals surface area contributed by atoms with Gasteiger partial charge in [-0.15, -0.1) is 0 Å². The Morgan fingerprint density at radius 1 is 1.44 bits per heavy atom. The topological polar surface area (TPSA) is 47.6 Å². The molecule has 4 nitrogen and oxygen atoms in total. The van der Waals surface area contributed by atoms with E-state index in [4.69, 9.17) is 9.47 Å². The van der Waals surface area contributed by atoms with E-state index >= 15 is 0 Å². The summed E-state index contributed by atoms with van der Waals surface area (Å²) in [4.78, 5) is 11.4. The molecule has 0 saturated carbocycles. The summed E-state index contributed by atoms with van der Waals surface area (Å²) < 4.78 is 9.96. The number of ether oxygens (including phenoxy) is 2. The first-order valence-electron chi connectivity index (χ1n) is 5.17. The van der Waals surface area contributed by atoms with Crippen molar-refractivity contribution in [1.29, 1.82) is 0 Å². The van der Waals surface area contributed by atoms with Crippen LogP contribution in [0, 0.1) is 6.92 Å². The predicted octanol–water partition coefficient (Wildman–Crippen LogP) is 1.51. The van der Waals surface area contributed by atoms with E-state index in [0.29, 0.717) is 6.42 Å². The highest BCUT2D eigenvalue weighted by molar-refractivity contribution is 5.83. The lowest BCUT2D eigenvalue weighted by Crippen LogP contribution is -2.27. The molecule has 0 fully saturated rings. The Hall–Kier alpha value is -1.71. The van der Waals surface area contributed by atoms with Crippen LogP contribution in [0.4, 0.5) is 5.69 Å². The Balaban J connectivity index is 2.27. The number of aryl methyl sites for hydroxylation is 1. The molecule has 1 N–H and O–H groups in total. The number of benzene rings is 1. The summed E-state index contributed by atoms with van der Waals surface area (Å²) >= 11 is 0. The van der Waals surface area contributed by atoms with Crippen LogP contribution in [0.3, 0.4) is 0 Å². The van der Waals surface area contributed by atoms with Gasteiger partial charge in [-0.3, -0.25) is 0 Å². The summed E-state index contributed by atoms with van der Waals surface area (Å²) in [5, 5.41) is 3.13. The second kappa shape index (κ2) is 4.04. The lowest BCUT2D eigenvalue weighted by molar-refractivity contribution is -0.141. The Morgan fingerprint density at radius 2 is 2.19 bits per heavy atom. The number of nitrogens with one attached hydrogen (secondary N) is 1. The summed E-state index contributed by atoms with van der Waals surface area (Å²) in [6.45, 7) is 1.99. The van der Waals surface area contributed by atoms with Gasteiger partial charge in [-0.2, -0.15) is 0 Å². The number of hydrogen-bond donors (Lipinski definition) is 1. The Kier molecular flexibility index (Phi) is 2.73. The van der Waals surface area contributed by atoms with Crippen LogP contribution >= 0.6 is 0 Å². The quantitative estimate of drug-likeness (QED) is 0.769. The van der Waals surface area contributed by atoms with Gasteiger partial charge in [0.1, 0.15) is 11.8 Å². The van der Waals surface area contributed by atoms with Gasteiger partial charge in [0, 0.05) is 18.2 Å². The molecule has 0 aliphatic carbocycles. The number of fused-ring (bicyclic) bond motifs is 1. The van der Waals surface area contributed by atoms with Gasteiger partial charge in [0.25, 0.3) is 0 Å². The molecule has 2 rings (SSSR count). The van der Waals surface area contributed by atoms with Crippen LogP contribution in [0.2, 0.25) is 0 Å². The molecule has 86 valence electrons.